The van der Waals surface area contributed by atoms with Gasteiger partial charge in [-0.2, -0.15) is 0 Å². The maximum absolute atomic E-state index is 12.8. The van der Waals surface area contributed by atoms with E-state index in [1.807, 2.05) is 11.9 Å². The first kappa shape index (κ1) is 22.2. The number of aliphatic hydroxyl groups excluding tert-OH is 3. The Morgan fingerprint density at radius 2 is 2.00 bits per heavy atom. The molecule has 0 aromatic carbocycles. The largest absolute Gasteiger partial charge is 0.388 e. The lowest BCUT2D eigenvalue weighted by atomic mass is 9.92. The van der Waals surface area contributed by atoms with Gasteiger partial charge in [0.15, 0.2) is 0 Å². The second kappa shape index (κ2) is 9.41. The molecule has 9 heteroatoms. The van der Waals surface area contributed by atoms with Gasteiger partial charge >= 0.3 is 0 Å². The van der Waals surface area contributed by atoms with Crippen LogP contribution in [0, 0.1) is 5.92 Å². The Morgan fingerprint density at radius 1 is 1.35 bits per heavy atom. The number of aliphatic hydroxyl groups is 3. The molecule has 0 unspecified atom stereocenters. The van der Waals surface area contributed by atoms with Gasteiger partial charge in [0.05, 0.1) is 17.5 Å². The van der Waals surface area contributed by atoms with Gasteiger partial charge in [0.1, 0.15) is 29.9 Å². The number of hydrogen-bond acceptors (Lipinski definition) is 7. The van der Waals surface area contributed by atoms with Crippen LogP contribution in [0.25, 0.3) is 0 Å². The van der Waals surface area contributed by atoms with E-state index in [9.17, 15) is 20.1 Å². The fourth-order valence-electron chi connectivity index (χ4n) is 3.79. The normalized spacial score (nSPS) is 41.0. The van der Waals surface area contributed by atoms with Crippen molar-refractivity contribution < 1.29 is 24.9 Å². The van der Waals surface area contributed by atoms with Crippen molar-refractivity contribution in [1.82, 2.24) is 10.2 Å². The number of alkyl halides is 1. The molecule has 26 heavy (non-hydrogen) atoms. The monoisotopic (exact) mass is 410 g/mol. The van der Waals surface area contributed by atoms with Gasteiger partial charge in [0.2, 0.25) is 5.91 Å². The first-order chi connectivity index (χ1) is 12.2. The number of amides is 1. The minimum absolute atomic E-state index is 0.155. The first-order valence-electron chi connectivity index (χ1n) is 9.08. The van der Waals surface area contributed by atoms with E-state index in [1.165, 1.54) is 11.8 Å². The number of rotatable bonds is 6. The Morgan fingerprint density at radius 3 is 2.50 bits per heavy atom. The van der Waals surface area contributed by atoms with Gasteiger partial charge in [-0.25, -0.2) is 0 Å². The van der Waals surface area contributed by atoms with E-state index in [2.05, 4.69) is 12.2 Å². The fraction of sp³-hybridized carbons (Fsp3) is 0.941. The van der Waals surface area contributed by atoms with E-state index < -0.39 is 41.3 Å². The second-order valence-electron chi connectivity index (χ2n) is 7.35. The fourth-order valence-corrected chi connectivity index (χ4v) is 4.68. The second-order valence-corrected chi connectivity index (χ2v) is 8.98. The van der Waals surface area contributed by atoms with E-state index in [1.54, 1.807) is 13.2 Å². The average Bonchev–Trinajstić information content (AvgIpc) is 2.99. The molecular weight excluding hydrogens is 380 g/mol. The quantitative estimate of drug-likeness (QED) is 0.457. The van der Waals surface area contributed by atoms with Crippen LogP contribution in [0.4, 0.5) is 0 Å². The van der Waals surface area contributed by atoms with Crippen LogP contribution >= 0.6 is 23.4 Å². The van der Waals surface area contributed by atoms with Gasteiger partial charge in [-0.15, -0.1) is 23.4 Å². The summed E-state index contributed by atoms with van der Waals surface area (Å²) < 4.78 is 5.78. The third kappa shape index (κ3) is 4.66. The predicted molar refractivity (Wildman–Crippen MR) is 102 cm³/mol. The van der Waals surface area contributed by atoms with Crippen LogP contribution in [0.5, 0.6) is 0 Å². The van der Waals surface area contributed by atoms with Crippen molar-refractivity contribution in [3.8, 4) is 0 Å². The molecule has 0 aliphatic carbocycles. The summed E-state index contributed by atoms with van der Waals surface area (Å²) in [6.45, 7) is 4.70. The molecule has 0 spiro atoms. The van der Waals surface area contributed by atoms with E-state index >= 15 is 0 Å². The molecular formula is C17H31ClN2O5S. The summed E-state index contributed by atoms with van der Waals surface area (Å²) in [5, 5.41) is 32.9. The van der Waals surface area contributed by atoms with Crippen molar-refractivity contribution in [2.24, 2.45) is 5.92 Å². The lowest BCUT2D eigenvalue weighted by Gasteiger charge is -2.44. The molecule has 9 atom stereocenters. The van der Waals surface area contributed by atoms with Crippen molar-refractivity contribution in [3.05, 3.63) is 0 Å². The summed E-state index contributed by atoms with van der Waals surface area (Å²) >= 11 is 7.52. The van der Waals surface area contributed by atoms with Gasteiger partial charge in [-0.3, -0.25) is 9.69 Å². The van der Waals surface area contributed by atoms with Crippen molar-refractivity contribution in [1.29, 1.82) is 0 Å². The first-order valence-corrected chi connectivity index (χ1v) is 10.8. The molecule has 0 radical (unpaired) electrons. The maximum Gasteiger partial charge on any atom is 0.237 e. The van der Waals surface area contributed by atoms with Crippen LogP contribution in [0.3, 0.4) is 0 Å². The molecule has 2 heterocycles. The zero-order chi connectivity index (χ0) is 19.6. The smallest absolute Gasteiger partial charge is 0.237 e. The zero-order valence-corrected chi connectivity index (χ0v) is 17.3. The van der Waals surface area contributed by atoms with Crippen molar-refractivity contribution >= 4 is 29.3 Å². The third-order valence-corrected chi connectivity index (χ3v) is 6.64. The molecule has 7 nitrogen and oxygen atoms in total. The molecule has 2 aliphatic rings. The molecule has 0 saturated carbocycles. The number of carbonyl (C=O) groups excluding carboxylic acids is 1. The summed E-state index contributed by atoms with van der Waals surface area (Å²) in [6.07, 6.45) is -1.27. The predicted octanol–water partition coefficient (Wildman–Crippen LogP) is -0.000600. The summed E-state index contributed by atoms with van der Waals surface area (Å²) in [4.78, 5) is 14.8. The topological polar surface area (TPSA) is 102 Å². The number of ether oxygens (including phenoxy) is 1. The van der Waals surface area contributed by atoms with Crippen LogP contribution in [0.2, 0.25) is 0 Å². The summed E-state index contributed by atoms with van der Waals surface area (Å²) in [7, 11) is 1.93. The van der Waals surface area contributed by atoms with Crippen LogP contribution < -0.4 is 5.32 Å². The Labute approximate surface area is 164 Å². The van der Waals surface area contributed by atoms with Crippen LogP contribution in [0.15, 0.2) is 0 Å². The molecule has 152 valence electrons. The number of halogens is 1. The van der Waals surface area contributed by atoms with Gasteiger partial charge in [0, 0.05) is 6.54 Å². The number of nitrogens with one attached hydrogen (secondary N) is 1. The summed E-state index contributed by atoms with van der Waals surface area (Å²) in [5.41, 5.74) is -0.702. The van der Waals surface area contributed by atoms with Crippen LogP contribution in [0.1, 0.15) is 26.7 Å². The number of likely N-dealkylation sites (N-methyl/N-ethyl adjacent to an activating group) is 1. The molecule has 0 bridgehead atoms. The number of nitrogens with zero attached hydrogens (tertiary/aromatic N) is 1. The van der Waals surface area contributed by atoms with Crippen molar-refractivity contribution in [2.75, 3.05) is 19.8 Å². The molecule has 2 rings (SSSR count). The molecule has 2 aliphatic heterocycles. The standard InChI is InChI=1S/C17H31ClN2O5S/c1-5-9-6-10(20(3)7-9)16(24)19-11(8(2)18)15-13(22)12(21)14(23)17(25-15)26-4/h8-15,17,21-23H,5-7H2,1-4H3,(H,19,24)/t8-,9+,10+,11+,12+,13+,14-,15-,17+/m0/s1. The minimum atomic E-state index is -1.36. The molecule has 0 aromatic heterocycles. The molecule has 2 saturated heterocycles. The van der Waals surface area contributed by atoms with E-state index in [4.69, 9.17) is 16.3 Å². The van der Waals surface area contributed by atoms with Crippen molar-refractivity contribution in [2.45, 2.75) is 74.0 Å². The highest BCUT2D eigenvalue weighted by atomic mass is 35.5. The molecule has 2 fully saturated rings. The molecule has 1 amide bonds. The Balaban J connectivity index is 2.11. The van der Waals surface area contributed by atoms with Gasteiger partial charge in [-0.1, -0.05) is 13.3 Å². The van der Waals surface area contributed by atoms with Gasteiger partial charge < -0.3 is 25.4 Å². The Hall–Kier alpha value is -0.0900. The third-order valence-electron chi connectivity index (χ3n) is 5.51. The highest BCUT2D eigenvalue weighted by Gasteiger charge is 2.48. The van der Waals surface area contributed by atoms with E-state index in [-0.39, 0.29) is 11.9 Å². The maximum atomic E-state index is 12.8. The highest BCUT2D eigenvalue weighted by Crippen LogP contribution is 2.31. The number of hydrogen-bond donors (Lipinski definition) is 4. The van der Waals surface area contributed by atoms with Crippen LogP contribution in [-0.4, -0.2) is 93.3 Å². The Bertz CT molecular complexity index is 484. The summed E-state index contributed by atoms with van der Waals surface area (Å²) in [6, 6.07) is -0.935. The number of likely N-dealkylation sites (tertiary alicyclic amines) is 1. The van der Waals surface area contributed by atoms with Gasteiger partial charge in [0.25, 0.3) is 0 Å². The summed E-state index contributed by atoms with van der Waals surface area (Å²) in [5.74, 6) is 0.329. The minimum Gasteiger partial charge on any atom is -0.388 e. The SMILES string of the molecule is CC[C@@H]1C[C@H](C(=O)N[C@@H]([C@@H]2O[C@H](SC)[C@@H](O)[C@H](O)[C@H]2O)[C@H](C)Cl)N(C)C1. The Kier molecular flexibility index (Phi) is 8.03. The lowest BCUT2D eigenvalue weighted by Crippen LogP contribution is -2.65. The van der Waals surface area contributed by atoms with E-state index in [0.29, 0.717) is 5.92 Å². The van der Waals surface area contributed by atoms with Crippen molar-refractivity contribution in [3.63, 3.8) is 0 Å². The van der Waals surface area contributed by atoms with E-state index in [0.717, 1.165) is 19.4 Å². The number of carbonyl (C=O) groups is 1. The average molecular weight is 411 g/mol. The lowest BCUT2D eigenvalue weighted by molar-refractivity contribution is -0.205. The highest BCUT2D eigenvalue weighted by molar-refractivity contribution is 7.99. The number of thioether (sulfide) groups is 1. The van der Waals surface area contributed by atoms with Crippen LogP contribution in [-0.2, 0) is 9.53 Å². The van der Waals surface area contributed by atoms with Gasteiger partial charge in [-0.05, 0) is 32.6 Å². The zero-order valence-electron chi connectivity index (χ0n) is 15.7. The molecule has 4 N–H and O–H groups in total. The molecule has 0 aromatic rings.